The summed E-state index contributed by atoms with van der Waals surface area (Å²) in [5.74, 6) is -1.32. The van der Waals surface area contributed by atoms with E-state index in [1.54, 1.807) is 46.0 Å². The number of benzene rings is 2. The highest BCUT2D eigenvalue weighted by Gasteiger charge is 2.26. The summed E-state index contributed by atoms with van der Waals surface area (Å²) in [7, 11) is -1.20. The van der Waals surface area contributed by atoms with Crippen LogP contribution in [-0.2, 0) is 43.3 Å². The molecule has 0 saturated carbocycles. The number of nitrogens with zero attached hydrogens (tertiary/aromatic N) is 4. The summed E-state index contributed by atoms with van der Waals surface area (Å²) < 4.78 is 46.6. The molecule has 2 N–H and O–H groups in total. The van der Waals surface area contributed by atoms with Gasteiger partial charge >= 0.3 is 18.0 Å². The van der Waals surface area contributed by atoms with Gasteiger partial charge in [-0.1, -0.05) is 32.9 Å². The molecule has 0 aliphatic heterocycles. The molecule has 0 aliphatic rings. The molecule has 16 heteroatoms. The fourth-order valence-corrected chi connectivity index (χ4v) is 6.07. The monoisotopic (exact) mass is 696 g/mol. The Morgan fingerprint density at radius 1 is 1.00 bits per heavy atom. The van der Waals surface area contributed by atoms with Gasteiger partial charge in [0.15, 0.2) is 12.4 Å². The number of aromatic nitrogens is 4. The third kappa shape index (κ3) is 7.81. The average molecular weight is 697 g/mol. The van der Waals surface area contributed by atoms with Crippen LogP contribution < -0.4 is 15.6 Å². The summed E-state index contributed by atoms with van der Waals surface area (Å²) in [6, 6.07) is 8.97. The number of hydrogen-bond acceptors (Lipinski definition) is 11. The van der Waals surface area contributed by atoms with Crippen LogP contribution in [0.4, 0.5) is 4.79 Å². The second kappa shape index (κ2) is 14.6. The maximum Gasteiger partial charge on any atom is 0.407 e. The highest BCUT2D eigenvalue weighted by atomic mass is 32.2. The van der Waals surface area contributed by atoms with Gasteiger partial charge < -0.3 is 19.5 Å². The zero-order chi connectivity index (χ0) is 36.3. The van der Waals surface area contributed by atoms with E-state index in [2.05, 4.69) is 20.1 Å². The smallest absolute Gasteiger partial charge is 0.407 e. The van der Waals surface area contributed by atoms with Crippen molar-refractivity contribution in [3.05, 3.63) is 80.7 Å². The Morgan fingerprint density at radius 2 is 1.69 bits per heavy atom. The van der Waals surface area contributed by atoms with Crippen LogP contribution in [0.25, 0.3) is 16.6 Å². The van der Waals surface area contributed by atoms with E-state index in [4.69, 9.17) is 14.2 Å². The Balaban J connectivity index is 1.62. The molecule has 2 aromatic carbocycles. The first-order chi connectivity index (χ1) is 23.0. The van der Waals surface area contributed by atoms with Crippen LogP contribution in [0, 0.1) is 13.8 Å². The number of para-hydroxylation sites is 1. The third-order valence-corrected chi connectivity index (χ3v) is 9.08. The van der Waals surface area contributed by atoms with Crippen LogP contribution in [0.15, 0.2) is 46.1 Å². The van der Waals surface area contributed by atoms with Gasteiger partial charge in [-0.25, -0.2) is 32.5 Å². The van der Waals surface area contributed by atoms with E-state index in [1.807, 2.05) is 20.8 Å². The first-order valence-electron chi connectivity index (χ1n) is 15.4. The Bertz CT molecular complexity index is 2100. The van der Waals surface area contributed by atoms with Crippen molar-refractivity contribution in [1.29, 1.82) is 0 Å². The highest BCUT2D eigenvalue weighted by molar-refractivity contribution is 7.89. The Labute approximate surface area is 283 Å². The fourth-order valence-electron chi connectivity index (χ4n) is 5.16. The molecule has 49 heavy (non-hydrogen) atoms. The van der Waals surface area contributed by atoms with Crippen LogP contribution in [0.5, 0.6) is 0 Å². The normalized spacial score (nSPS) is 11.8. The lowest BCUT2D eigenvalue weighted by Gasteiger charge is -2.19. The van der Waals surface area contributed by atoms with Gasteiger partial charge in [-0.3, -0.25) is 14.0 Å². The molecule has 0 atom stereocenters. The highest BCUT2D eigenvalue weighted by Crippen LogP contribution is 2.26. The van der Waals surface area contributed by atoms with Crippen molar-refractivity contribution >= 4 is 39.0 Å². The van der Waals surface area contributed by atoms with Gasteiger partial charge in [-0.05, 0) is 63.2 Å². The Kier molecular flexibility index (Phi) is 10.9. The van der Waals surface area contributed by atoms with Crippen molar-refractivity contribution in [2.24, 2.45) is 7.05 Å². The zero-order valence-electron chi connectivity index (χ0n) is 28.7. The summed E-state index contributed by atoms with van der Waals surface area (Å²) in [5.41, 5.74) is 1.17. The van der Waals surface area contributed by atoms with Crippen LogP contribution in [0.2, 0.25) is 0 Å². The lowest BCUT2D eigenvalue weighted by molar-refractivity contribution is 0.0489. The van der Waals surface area contributed by atoms with Gasteiger partial charge in [-0.15, -0.1) is 0 Å². The molecule has 2 heterocycles. The molecular weight excluding hydrogens is 656 g/mol. The van der Waals surface area contributed by atoms with E-state index in [0.717, 1.165) is 10.3 Å². The Hall–Kier alpha value is -5.09. The topological polar surface area (TPSA) is 190 Å². The largest absolute Gasteiger partial charge is 0.462 e. The van der Waals surface area contributed by atoms with Gasteiger partial charge in [0.25, 0.3) is 5.56 Å². The molecule has 0 spiro atoms. The number of sulfonamides is 1. The van der Waals surface area contributed by atoms with E-state index < -0.39 is 40.2 Å². The summed E-state index contributed by atoms with van der Waals surface area (Å²) in [5, 5.41) is 6.89. The molecule has 4 aromatic rings. The number of fused-ring (bicyclic) bond motifs is 1. The van der Waals surface area contributed by atoms with Crippen molar-refractivity contribution < 1.29 is 37.0 Å². The molecule has 262 valence electrons. The maximum atomic E-state index is 14.2. The standard InChI is InChI=1S/C33H40N6O9S/c1-9-46-31(42)27-19(2)16-21-28(20(27)3)29(40)39(22-12-10-11-13-24(22)49(44,45)34-7)26(36-21)18-48-32(43)35-14-15-47-30(41)23-17-25(33(4,5)6)37-38(23)8/h10-13,16-17,34H,9,14-15,18H2,1-8H3,(H,35,43). The average Bonchev–Trinajstić information content (AvgIpc) is 3.44. The third-order valence-electron chi connectivity index (χ3n) is 7.62. The molecule has 0 bridgehead atoms. The van der Waals surface area contributed by atoms with Crippen LogP contribution in [-0.4, -0.2) is 72.6 Å². The van der Waals surface area contributed by atoms with E-state index in [0.29, 0.717) is 11.1 Å². The van der Waals surface area contributed by atoms with E-state index in [9.17, 15) is 27.6 Å². The predicted octanol–water partition coefficient (Wildman–Crippen LogP) is 3.20. The number of alkyl carbamates (subject to hydrolysis) is 1. The quantitative estimate of drug-likeness (QED) is 0.133. The second-order valence-electron chi connectivity index (χ2n) is 12.1. The van der Waals surface area contributed by atoms with Gasteiger partial charge in [0.05, 0.1) is 41.0 Å². The summed E-state index contributed by atoms with van der Waals surface area (Å²) in [6.07, 6.45) is -0.909. The van der Waals surface area contributed by atoms with Crippen LogP contribution in [0.1, 0.15) is 71.2 Å². The lowest BCUT2D eigenvalue weighted by atomic mass is 9.92. The van der Waals surface area contributed by atoms with Gasteiger partial charge in [-0.2, -0.15) is 5.10 Å². The number of rotatable bonds is 11. The second-order valence-corrected chi connectivity index (χ2v) is 13.9. The molecule has 4 rings (SSSR count). The summed E-state index contributed by atoms with van der Waals surface area (Å²) >= 11 is 0. The van der Waals surface area contributed by atoms with Crippen molar-refractivity contribution in [2.45, 2.75) is 58.5 Å². The zero-order valence-corrected chi connectivity index (χ0v) is 29.5. The maximum absolute atomic E-state index is 14.2. The molecule has 0 saturated heterocycles. The fraction of sp³-hybridized carbons (Fsp3) is 0.394. The van der Waals surface area contributed by atoms with E-state index in [-0.39, 0.29) is 63.7 Å². The summed E-state index contributed by atoms with van der Waals surface area (Å²) in [4.78, 5) is 56.7. The van der Waals surface area contributed by atoms with Gasteiger partial charge in [0, 0.05) is 12.5 Å². The van der Waals surface area contributed by atoms with Crippen molar-refractivity contribution in [2.75, 3.05) is 26.8 Å². The molecule has 0 radical (unpaired) electrons. The van der Waals surface area contributed by atoms with E-state index >= 15 is 0 Å². The number of ether oxygens (including phenoxy) is 3. The van der Waals surface area contributed by atoms with Crippen LogP contribution >= 0.6 is 0 Å². The van der Waals surface area contributed by atoms with Crippen molar-refractivity contribution in [3.63, 3.8) is 0 Å². The minimum atomic E-state index is -4.07. The van der Waals surface area contributed by atoms with Crippen molar-refractivity contribution in [1.82, 2.24) is 29.4 Å². The predicted molar refractivity (Wildman–Crippen MR) is 179 cm³/mol. The Morgan fingerprint density at radius 3 is 2.33 bits per heavy atom. The molecule has 15 nitrogen and oxygen atoms in total. The minimum Gasteiger partial charge on any atom is -0.462 e. The SMILES string of the molecule is CCOC(=O)c1c(C)cc2nc(COC(=O)NCCOC(=O)c3cc(C(C)(C)C)nn3C)n(-c3ccccc3S(=O)(=O)NC)c(=O)c2c1C. The number of hydrogen-bond donors (Lipinski definition) is 2. The number of carbonyl (C=O) groups is 3. The molecular formula is C33H40N6O9S. The van der Waals surface area contributed by atoms with Crippen LogP contribution in [0.3, 0.4) is 0 Å². The van der Waals surface area contributed by atoms with Gasteiger partial charge in [0.2, 0.25) is 10.0 Å². The lowest BCUT2D eigenvalue weighted by Crippen LogP contribution is -2.31. The first kappa shape index (κ1) is 36.7. The minimum absolute atomic E-state index is 0.0513. The molecule has 0 unspecified atom stereocenters. The number of aryl methyl sites for hydroxylation is 3. The van der Waals surface area contributed by atoms with Gasteiger partial charge in [0.1, 0.15) is 17.2 Å². The van der Waals surface area contributed by atoms with E-state index in [1.165, 1.54) is 29.9 Å². The van der Waals surface area contributed by atoms with Crippen molar-refractivity contribution in [3.8, 4) is 5.69 Å². The number of esters is 2. The molecule has 0 fully saturated rings. The first-order valence-corrected chi connectivity index (χ1v) is 16.9. The molecule has 2 aromatic heterocycles. The number of amides is 1. The molecule has 1 amide bonds. The number of carbonyl (C=O) groups excluding carboxylic acids is 3. The molecule has 0 aliphatic carbocycles. The summed E-state index contributed by atoms with van der Waals surface area (Å²) in [6.45, 7) is 10.2. The number of nitrogens with one attached hydrogen (secondary N) is 2.